The van der Waals surface area contributed by atoms with Crippen molar-refractivity contribution < 1.29 is 0 Å². The monoisotopic (exact) mass is 216 g/mol. The first-order valence-corrected chi connectivity index (χ1v) is 5.89. The molecule has 0 amide bonds. The predicted molar refractivity (Wildman–Crippen MR) is 69.9 cm³/mol. The molecule has 16 heavy (non-hydrogen) atoms. The third kappa shape index (κ3) is 1.85. The molecule has 0 saturated heterocycles. The summed E-state index contributed by atoms with van der Waals surface area (Å²) in [5.74, 6) is 0.585. The topological polar surface area (TPSA) is 27.8 Å². The Hall–Kier alpha value is -1.28. The van der Waals surface area contributed by atoms with E-state index in [2.05, 4.69) is 49.3 Å². The van der Waals surface area contributed by atoms with E-state index < -0.39 is 0 Å². The summed E-state index contributed by atoms with van der Waals surface area (Å²) in [7, 11) is 1.99. The van der Waals surface area contributed by atoms with Gasteiger partial charge >= 0.3 is 0 Å². The fourth-order valence-corrected chi connectivity index (χ4v) is 2.16. The molecular formula is C14H20N2. The zero-order valence-electron chi connectivity index (χ0n) is 10.5. The third-order valence-electron chi connectivity index (χ3n) is 3.16. The second-order valence-corrected chi connectivity index (χ2v) is 4.72. The molecule has 0 radical (unpaired) electrons. The summed E-state index contributed by atoms with van der Waals surface area (Å²) in [5, 5.41) is 4.59. The van der Waals surface area contributed by atoms with Crippen molar-refractivity contribution >= 4 is 10.9 Å². The van der Waals surface area contributed by atoms with Crippen LogP contribution in [-0.2, 0) is 6.54 Å². The molecule has 2 N–H and O–H groups in total. The number of fused-ring (bicyclic) bond motifs is 1. The Morgan fingerprint density at radius 3 is 2.69 bits per heavy atom. The predicted octanol–water partition coefficient (Wildman–Crippen LogP) is 3.32. The zero-order chi connectivity index (χ0) is 11.7. The highest BCUT2D eigenvalue weighted by atomic mass is 14.8. The second kappa shape index (κ2) is 4.30. The van der Waals surface area contributed by atoms with Crippen LogP contribution in [0, 0.1) is 6.92 Å². The number of aryl methyl sites for hydroxylation is 1. The van der Waals surface area contributed by atoms with E-state index in [1.54, 1.807) is 0 Å². The van der Waals surface area contributed by atoms with Crippen molar-refractivity contribution in [3.63, 3.8) is 0 Å². The largest absolute Gasteiger partial charge is 0.358 e. The number of aromatic nitrogens is 1. The van der Waals surface area contributed by atoms with E-state index in [9.17, 15) is 0 Å². The minimum absolute atomic E-state index is 0.585. The van der Waals surface area contributed by atoms with Gasteiger partial charge in [0.15, 0.2) is 0 Å². The standard InChI is InChI=1S/C14H20N2/c1-9(2)11-5-6-14-12(7-11)13(8-15-4)10(3)16-14/h5-7,9,15-16H,8H2,1-4H3. The van der Waals surface area contributed by atoms with Crippen LogP contribution in [0.1, 0.15) is 36.6 Å². The van der Waals surface area contributed by atoms with Crippen LogP contribution in [-0.4, -0.2) is 12.0 Å². The summed E-state index contributed by atoms with van der Waals surface area (Å²) >= 11 is 0. The van der Waals surface area contributed by atoms with Crippen LogP contribution in [0.25, 0.3) is 10.9 Å². The first kappa shape index (κ1) is 11.2. The van der Waals surface area contributed by atoms with Gasteiger partial charge in [0, 0.05) is 23.1 Å². The maximum atomic E-state index is 3.44. The van der Waals surface area contributed by atoms with Crippen molar-refractivity contribution in [3.05, 3.63) is 35.0 Å². The summed E-state index contributed by atoms with van der Waals surface area (Å²) in [6.45, 7) is 7.53. The molecule has 2 rings (SSSR count). The normalized spacial score (nSPS) is 11.6. The molecule has 2 heteroatoms. The molecule has 1 aromatic carbocycles. The molecule has 0 aliphatic heterocycles. The average molecular weight is 216 g/mol. The van der Waals surface area contributed by atoms with Crippen LogP contribution in [0.3, 0.4) is 0 Å². The fraction of sp³-hybridized carbons (Fsp3) is 0.429. The van der Waals surface area contributed by atoms with Gasteiger partial charge in [0.05, 0.1) is 0 Å². The van der Waals surface area contributed by atoms with Gasteiger partial charge in [0.25, 0.3) is 0 Å². The van der Waals surface area contributed by atoms with Crippen LogP contribution >= 0.6 is 0 Å². The lowest BCUT2D eigenvalue weighted by atomic mass is 10.00. The number of aromatic amines is 1. The van der Waals surface area contributed by atoms with Crippen LogP contribution in [0.5, 0.6) is 0 Å². The number of H-pyrrole nitrogens is 1. The van der Waals surface area contributed by atoms with Crippen molar-refractivity contribution in [2.24, 2.45) is 0 Å². The number of hydrogen-bond donors (Lipinski definition) is 2. The third-order valence-corrected chi connectivity index (χ3v) is 3.16. The lowest BCUT2D eigenvalue weighted by molar-refractivity contribution is 0.816. The molecule has 0 bridgehead atoms. The Morgan fingerprint density at radius 1 is 1.31 bits per heavy atom. The van der Waals surface area contributed by atoms with Gasteiger partial charge in [-0.15, -0.1) is 0 Å². The summed E-state index contributed by atoms with van der Waals surface area (Å²) in [6.07, 6.45) is 0. The summed E-state index contributed by atoms with van der Waals surface area (Å²) in [6, 6.07) is 6.72. The van der Waals surface area contributed by atoms with Gasteiger partial charge in [0.1, 0.15) is 0 Å². The molecule has 0 unspecified atom stereocenters. The Labute approximate surface area is 97.1 Å². The highest BCUT2D eigenvalue weighted by molar-refractivity contribution is 5.85. The molecule has 0 fully saturated rings. The Kier molecular flexibility index (Phi) is 3.01. The van der Waals surface area contributed by atoms with E-state index in [1.807, 2.05) is 7.05 Å². The average Bonchev–Trinajstić information content (AvgIpc) is 2.55. The molecule has 0 aliphatic rings. The van der Waals surface area contributed by atoms with Crippen LogP contribution < -0.4 is 5.32 Å². The van der Waals surface area contributed by atoms with Crippen LogP contribution in [0.2, 0.25) is 0 Å². The van der Waals surface area contributed by atoms with Gasteiger partial charge in [-0.1, -0.05) is 19.9 Å². The lowest BCUT2D eigenvalue weighted by Crippen LogP contribution is -2.05. The maximum absolute atomic E-state index is 3.44. The first-order valence-electron chi connectivity index (χ1n) is 5.89. The molecule has 0 saturated carbocycles. The van der Waals surface area contributed by atoms with E-state index in [0.29, 0.717) is 5.92 Å². The Morgan fingerprint density at radius 2 is 2.06 bits per heavy atom. The van der Waals surface area contributed by atoms with Gasteiger partial charge in [0.2, 0.25) is 0 Å². The summed E-state index contributed by atoms with van der Waals surface area (Å²) in [4.78, 5) is 3.44. The van der Waals surface area contributed by atoms with Crippen molar-refractivity contribution in [1.82, 2.24) is 10.3 Å². The first-order chi connectivity index (χ1) is 7.63. The Balaban J connectivity index is 2.60. The number of hydrogen-bond acceptors (Lipinski definition) is 1. The van der Waals surface area contributed by atoms with Crippen LogP contribution in [0.4, 0.5) is 0 Å². The highest BCUT2D eigenvalue weighted by Crippen LogP contribution is 2.26. The van der Waals surface area contributed by atoms with Crippen molar-refractivity contribution in [1.29, 1.82) is 0 Å². The van der Waals surface area contributed by atoms with Crippen LogP contribution in [0.15, 0.2) is 18.2 Å². The van der Waals surface area contributed by atoms with E-state index >= 15 is 0 Å². The van der Waals surface area contributed by atoms with Gasteiger partial charge in [-0.05, 0) is 43.1 Å². The van der Waals surface area contributed by atoms with Gasteiger partial charge in [-0.25, -0.2) is 0 Å². The van der Waals surface area contributed by atoms with Crippen molar-refractivity contribution in [2.45, 2.75) is 33.2 Å². The fourth-order valence-electron chi connectivity index (χ4n) is 2.16. The molecule has 0 aliphatic carbocycles. The minimum Gasteiger partial charge on any atom is -0.358 e. The number of benzene rings is 1. The lowest BCUT2D eigenvalue weighted by Gasteiger charge is -2.06. The van der Waals surface area contributed by atoms with Gasteiger partial charge < -0.3 is 10.3 Å². The molecule has 0 atom stereocenters. The van der Waals surface area contributed by atoms with Crippen molar-refractivity contribution in [2.75, 3.05) is 7.05 Å². The zero-order valence-corrected chi connectivity index (χ0v) is 10.5. The Bertz CT molecular complexity index is 495. The van der Waals surface area contributed by atoms with Gasteiger partial charge in [-0.3, -0.25) is 0 Å². The van der Waals surface area contributed by atoms with Gasteiger partial charge in [-0.2, -0.15) is 0 Å². The molecule has 86 valence electrons. The number of rotatable bonds is 3. The number of nitrogens with one attached hydrogen (secondary N) is 2. The maximum Gasteiger partial charge on any atom is 0.0459 e. The molecule has 1 aromatic heterocycles. The minimum atomic E-state index is 0.585. The summed E-state index contributed by atoms with van der Waals surface area (Å²) in [5.41, 5.74) is 5.31. The highest BCUT2D eigenvalue weighted by Gasteiger charge is 2.09. The van der Waals surface area contributed by atoms with E-state index in [0.717, 1.165) is 6.54 Å². The molecule has 2 nitrogen and oxygen atoms in total. The van der Waals surface area contributed by atoms with Crippen molar-refractivity contribution in [3.8, 4) is 0 Å². The summed E-state index contributed by atoms with van der Waals surface area (Å²) < 4.78 is 0. The molecule has 1 heterocycles. The van der Waals surface area contributed by atoms with E-state index in [-0.39, 0.29) is 0 Å². The molecule has 0 spiro atoms. The smallest absolute Gasteiger partial charge is 0.0459 e. The van der Waals surface area contributed by atoms with E-state index in [1.165, 1.54) is 27.7 Å². The molecular weight excluding hydrogens is 196 g/mol. The second-order valence-electron chi connectivity index (χ2n) is 4.72. The van der Waals surface area contributed by atoms with E-state index in [4.69, 9.17) is 0 Å². The molecule has 2 aromatic rings. The SMILES string of the molecule is CNCc1c(C)[nH]c2ccc(C(C)C)cc12. The quantitative estimate of drug-likeness (QED) is 0.809.